The second-order valence-electron chi connectivity index (χ2n) is 27.5. The largest absolute Gasteiger partial charge is 0.481 e. The second-order valence-corrected chi connectivity index (χ2v) is 27.5. The molecule has 7 amide bonds. The van der Waals surface area contributed by atoms with E-state index in [1.165, 1.54) is 0 Å². The molecule has 0 spiro atoms. The van der Waals surface area contributed by atoms with E-state index in [2.05, 4.69) is 56.4 Å². The third-order valence-electron chi connectivity index (χ3n) is 18.6. The molecule has 1 aliphatic heterocycles. The molecule has 16 N–H and O–H groups in total. The van der Waals surface area contributed by atoms with Gasteiger partial charge in [0.2, 0.25) is 41.4 Å². The van der Waals surface area contributed by atoms with Crippen molar-refractivity contribution < 1.29 is 93.0 Å². The summed E-state index contributed by atoms with van der Waals surface area (Å²) in [6.45, 7) is 5.84. The lowest BCUT2D eigenvalue weighted by Gasteiger charge is -2.33. The maximum Gasteiger partial charge on any atom is 0.320 e. The van der Waals surface area contributed by atoms with E-state index >= 15 is 0 Å². The Labute approximate surface area is 605 Å². The number of nitrogens with one attached hydrogen (secondary N) is 8. The van der Waals surface area contributed by atoms with Gasteiger partial charge in [-0.1, -0.05) is 80.6 Å². The highest BCUT2D eigenvalue weighted by Crippen LogP contribution is 2.29. The van der Waals surface area contributed by atoms with Crippen molar-refractivity contribution in [2.75, 3.05) is 105 Å². The molecule has 2 aliphatic rings. The number of hydrogen-bond acceptors (Lipinski definition) is 19. The number of fused-ring (bicyclic) bond motifs is 1. The molecule has 6 atom stereocenters. The fraction of sp³-hybridized carbons (Fsp3) is 0.597. The Hall–Kier alpha value is -9.21. The molecule has 1 heterocycles. The van der Waals surface area contributed by atoms with Crippen LogP contribution in [0.4, 0.5) is 0 Å². The van der Waals surface area contributed by atoms with E-state index in [0.717, 1.165) is 28.3 Å². The molecule has 2 fully saturated rings. The molecule has 32 nitrogen and oxygen atoms in total. The number of rotatable bonds is 44. The van der Waals surface area contributed by atoms with Gasteiger partial charge < -0.3 is 68.3 Å². The lowest BCUT2D eigenvalue weighted by atomic mass is 9.81. The molecule has 1 saturated heterocycles. The van der Waals surface area contributed by atoms with Crippen molar-refractivity contribution >= 4 is 87.9 Å². The molecule has 1 aliphatic carbocycles. The van der Waals surface area contributed by atoms with Crippen LogP contribution in [-0.4, -0.2) is 262 Å². The SMILES string of the molecule is CC(C)Cc1ccc(C(C)C(=O)NC(CC(N)=O)C(=O)NCCCCC(NC(=O)CN2CCN(CC(=O)O)CCN(CC(=O)O)CCN(CC(=O)O)CC2)C(=O)NCC2CCC(C(=O)NC(Cc3ccc4ccccc4c3)C(=O)NCCCCC(NCNC(CCC(=O)O)C(=O)O)C(=O)O)CC2)cc1. The molecule has 0 bridgehead atoms. The van der Waals surface area contributed by atoms with Crippen molar-refractivity contribution in [1.29, 1.82) is 0 Å². The van der Waals surface area contributed by atoms with Gasteiger partial charge in [0.25, 0.3) is 0 Å². The summed E-state index contributed by atoms with van der Waals surface area (Å²) in [7, 11) is 0. The minimum atomic E-state index is -1.29. The minimum absolute atomic E-state index is 0.0447. The molecular weight excluding hydrogens is 1350 g/mol. The average molecular weight is 1460 g/mol. The Morgan fingerprint density at radius 1 is 0.471 bits per heavy atom. The normalized spacial score (nSPS) is 17.6. The second kappa shape index (κ2) is 45.1. The first-order valence-electron chi connectivity index (χ1n) is 35.8. The van der Waals surface area contributed by atoms with Crippen molar-refractivity contribution in [2.45, 2.75) is 153 Å². The van der Waals surface area contributed by atoms with Gasteiger partial charge in [0.05, 0.1) is 38.5 Å². The van der Waals surface area contributed by atoms with Gasteiger partial charge in [0.1, 0.15) is 30.2 Å². The molecule has 6 unspecified atom stereocenters. The maximum absolute atomic E-state index is 14.4. The molecule has 1 saturated carbocycles. The maximum atomic E-state index is 14.4. The number of carbonyl (C=O) groups excluding carboxylic acids is 7. The zero-order chi connectivity index (χ0) is 76.3. The van der Waals surface area contributed by atoms with Crippen LogP contribution >= 0.6 is 0 Å². The zero-order valence-corrected chi connectivity index (χ0v) is 59.8. The summed E-state index contributed by atoms with van der Waals surface area (Å²) in [5.74, 6) is -11.7. The zero-order valence-electron chi connectivity index (χ0n) is 59.8. The number of nitrogens with two attached hydrogens (primary N) is 1. The topological polar surface area (TPSA) is 479 Å². The molecule has 5 rings (SSSR count). The smallest absolute Gasteiger partial charge is 0.320 e. The first-order chi connectivity index (χ1) is 49.5. The average Bonchev–Trinajstić information content (AvgIpc) is 0.844. The molecule has 3 aromatic rings. The number of benzene rings is 3. The predicted octanol–water partition coefficient (Wildman–Crippen LogP) is 0.593. The fourth-order valence-electron chi connectivity index (χ4n) is 12.7. The number of nitrogens with zero attached hydrogens (tertiary/aromatic N) is 4. The number of amides is 7. The van der Waals surface area contributed by atoms with Crippen molar-refractivity contribution in [3.8, 4) is 0 Å². The first kappa shape index (κ1) is 85.4. The Morgan fingerprint density at radius 3 is 1.45 bits per heavy atom. The van der Waals surface area contributed by atoms with Gasteiger partial charge in [-0.3, -0.25) is 92.6 Å². The number of carbonyl (C=O) groups is 13. The number of primary amides is 1. The molecule has 32 heteroatoms. The van der Waals surface area contributed by atoms with Gasteiger partial charge in [-0.2, -0.15) is 0 Å². The van der Waals surface area contributed by atoms with E-state index in [4.69, 9.17) is 10.8 Å². The summed E-state index contributed by atoms with van der Waals surface area (Å²) < 4.78 is 0. The molecule has 3 aromatic carbocycles. The van der Waals surface area contributed by atoms with E-state index < -0.39 is 126 Å². The summed E-state index contributed by atoms with van der Waals surface area (Å²) in [6.07, 6.45) is 3.21. The third kappa shape index (κ3) is 32.6. The van der Waals surface area contributed by atoms with Gasteiger partial charge in [-0.15, -0.1) is 0 Å². The Balaban J connectivity index is 1.23. The van der Waals surface area contributed by atoms with Crippen LogP contribution in [0.1, 0.15) is 127 Å². The van der Waals surface area contributed by atoms with Gasteiger partial charge in [0.15, 0.2) is 0 Å². The predicted molar refractivity (Wildman–Crippen MR) is 382 cm³/mol. The number of unbranched alkanes of at least 4 members (excludes halogenated alkanes) is 2. The summed E-state index contributed by atoms with van der Waals surface area (Å²) in [5.41, 5.74) is 8.13. The fourth-order valence-corrected chi connectivity index (χ4v) is 12.7. The van der Waals surface area contributed by atoms with Crippen LogP contribution in [0.3, 0.4) is 0 Å². The van der Waals surface area contributed by atoms with Crippen LogP contribution in [0, 0.1) is 17.8 Å². The first-order valence-corrected chi connectivity index (χ1v) is 35.8. The highest BCUT2D eigenvalue weighted by molar-refractivity contribution is 5.94. The number of carboxylic acids is 6. The van der Waals surface area contributed by atoms with E-state index in [0.29, 0.717) is 50.0 Å². The van der Waals surface area contributed by atoms with Crippen LogP contribution in [0.25, 0.3) is 10.8 Å². The number of carboxylic acid groups (broad SMARTS) is 6. The number of hydrogen-bond donors (Lipinski definition) is 15. The Kier molecular flexibility index (Phi) is 37.1. The van der Waals surface area contributed by atoms with E-state index in [-0.39, 0.29) is 155 Å². The van der Waals surface area contributed by atoms with Gasteiger partial charge >= 0.3 is 35.8 Å². The molecule has 0 aromatic heterocycles. The third-order valence-corrected chi connectivity index (χ3v) is 18.6. The van der Waals surface area contributed by atoms with E-state index in [9.17, 15) is 87.9 Å². The van der Waals surface area contributed by atoms with Crippen LogP contribution in [0.2, 0.25) is 0 Å². The Bertz CT molecular complexity index is 3320. The monoisotopic (exact) mass is 1460 g/mol. The van der Waals surface area contributed by atoms with Crippen LogP contribution < -0.4 is 48.3 Å². The summed E-state index contributed by atoms with van der Waals surface area (Å²) in [4.78, 5) is 173. The van der Waals surface area contributed by atoms with E-state index in [1.54, 1.807) is 26.5 Å². The summed E-state index contributed by atoms with van der Waals surface area (Å²) >= 11 is 0. The van der Waals surface area contributed by atoms with Gasteiger partial charge in [-0.25, -0.2) is 0 Å². The Morgan fingerprint density at radius 2 is 0.952 bits per heavy atom. The van der Waals surface area contributed by atoms with Crippen molar-refractivity contribution in [3.05, 3.63) is 83.4 Å². The van der Waals surface area contributed by atoms with Gasteiger partial charge in [0, 0.05) is 97.4 Å². The van der Waals surface area contributed by atoms with Gasteiger partial charge in [-0.05, 0) is 123 Å². The lowest BCUT2D eigenvalue weighted by molar-refractivity contribution is -0.141. The lowest BCUT2D eigenvalue weighted by Crippen LogP contribution is -2.52. The van der Waals surface area contributed by atoms with Crippen molar-refractivity contribution in [1.82, 2.24) is 62.1 Å². The van der Waals surface area contributed by atoms with Crippen molar-refractivity contribution in [3.63, 3.8) is 0 Å². The summed E-state index contributed by atoms with van der Waals surface area (Å²) in [6, 6.07) is 15.3. The van der Waals surface area contributed by atoms with Crippen LogP contribution in [0.15, 0.2) is 66.7 Å². The van der Waals surface area contributed by atoms with Crippen LogP contribution in [-0.2, 0) is 75.2 Å². The van der Waals surface area contributed by atoms with E-state index in [1.807, 2.05) is 66.7 Å². The highest BCUT2D eigenvalue weighted by Gasteiger charge is 2.33. The molecular formula is C72H107N13O19. The minimum Gasteiger partial charge on any atom is -0.481 e. The van der Waals surface area contributed by atoms with Crippen molar-refractivity contribution in [2.24, 2.45) is 23.5 Å². The molecule has 0 radical (unpaired) electrons. The highest BCUT2D eigenvalue weighted by atomic mass is 16.4. The number of aliphatic carboxylic acids is 6. The van der Waals surface area contributed by atoms with Crippen LogP contribution in [0.5, 0.6) is 0 Å². The quantitative estimate of drug-likeness (QED) is 0.0272. The summed E-state index contributed by atoms with van der Waals surface area (Å²) in [5, 5.41) is 81.8. The standard InChI is InChI=1S/C72H107N13O19/c1-46(2)36-48-14-19-51(20-15-48)47(3)66(96)80-59(39-60(73)86)70(100)75-26-8-6-12-55(79-61(87)41-82-28-30-83(42-63(90)91)32-34-85(44-65(94)95)35-33-84(31-29-82)43-64(92)93)68(98)76-40-49-16-22-53(23-17-49)67(97)81-58(38-50-18-21-52-10-4-5-11-54(52)37-50)69(99)74-27-9-7-13-56(71(101)102)77-45-78-57(72(103)104)24-25-62(88)89/h4-5,10-11,14-15,18-21,37,46-47,49,53,55-59,77-78H,6-9,12-13,16-17,22-36,38-45H2,1-3H3,(H2,73,86)(H,74,99)(H,75,100)(H,76,98)(H,79,87)(H,80,96)(H,81,97)(H,88,89)(H,90,91)(H,92,93)(H,94,95)(H,101,102)(H,103,104). The molecule has 574 valence electrons. The molecule has 104 heavy (non-hydrogen) atoms.